The molecule has 2 aromatic carbocycles. The molecule has 0 spiro atoms. The highest BCUT2D eigenvalue weighted by Crippen LogP contribution is 2.30. The SMILES string of the molecule is NS(=O)(=O)c1cc(S(N)(=O)=O)c(NC(=O)C(=O)Oc2ccccc2)cc1Cl. The average molecular weight is 434 g/mol. The van der Waals surface area contributed by atoms with Crippen molar-refractivity contribution >= 4 is 49.2 Å². The number of hydrogen-bond donors (Lipinski definition) is 3. The van der Waals surface area contributed by atoms with Crippen LogP contribution in [-0.4, -0.2) is 28.7 Å². The third-order valence-corrected chi connectivity index (χ3v) is 5.36. The van der Waals surface area contributed by atoms with E-state index in [-0.39, 0.29) is 5.75 Å². The van der Waals surface area contributed by atoms with Gasteiger partial charge in [-0.2, -0.15) is 0 Å². The molecule has 0 aromatic heterocycles. The standard InChI is InChI=1S/C14H12ClN3O7S2/c15-9-6-10(12(27(17,23)24)7-11(9)26(16,21)22)18-13(19)14(20)25-8-4-2-1-3-5-8/h1-7H,(H,18,19)(H2,16,21,22)(H2,17,23,24). The number of para-hydroxylation sites is 1. The molecule has 1 amide bonds. The lowest BCUT2D eigenvalue weighted by Gasteiger charge is -2.12. The molecular formula is C14H12ClN3O7S2. The summed E-state index contributed by atoms with van der Waals surface area (Å²) in [5.41, 5.74) is -0.523. The third-order valence-electron chi connectivity index (χ3n) is 3.03. The number of esters is 1. The van der Waals surface area contributed by atoms with E-state index < -0.39 is 52.4 Å². The van der Waals surface area contributed by atoms with Crippen molar-refractivity contribution in [3.05, 3.63) is 47.5 Å². The fourth-order valence-corrected chi connectivity index (χ4v) is 3.77. The van der Waals surface area contributed by atoms with Gasteiger partial charge < -0.3 is 10.1 Å². The zero-order chi connectivity index (χ0) is 20.4. The lowest BCUT2D eigenvalue weighted by Crippen LogP contribution is -2.29. The maximum absolute atomic E-state index is 12.0. The van der Waals surface area contributed by atoms with Crippen LogP contribution in [0.3, 0.4) is 0 Å². The Bertz CT molecular complexity index is 1120. The van der Waals surface area contributed by atoms with E-state index in [1.165, 1.54) is 12.1 Å². The van der Waals surface area contributed by atoms with Gasteiger partial charge in [-0.1, -0.05) is 29.8 Å². The highest BCUT2D eigenvalue weighted by Gasteiger charge is 2.25. The van der Waals surface area contributed by atoms with E-state index in [0.717, 1.165) is 6.07 Å². The van der Waals surface area contributed by atoms with Gasteiger partial charge in [0, 0.05) is 0 Å². The van der Waals surface area contributed by atoms with Gasteiger partial charge in [0.2, 0.25) is 20.0 Å². The molecule has 0 unspecified atom stereocenters. The molecule has 0 aliphatic rings. The molecule has 0 saturated carbocycles. The number of anilines is 1. The number of rotatable bonds is 4. The summed E-state index contributed by atoms with van der Waals surface area (Å²) in [6, 6.07) is 8.97. The van der Waals surface area contributed by atoms with Gasteiger partial charge in [-0.3, -0.25) is 4.79 Å². The van der Waals surface area contributed by atoms with Gasteiger partial charge in [-0.25, -0.2) is 31.9 Å². The van der Waals surface area contributed by atoms with Gasteiger partial charge in [-0.05, 0) is 24.3 Å². The highest BCUT2D eigenvalue weighted by atomic mass is 35.5. The van der Waals surface area contributed by atoms with Crippen molar-refractivity contribution < 1.29 is 31.2 Å². The summed E-state index contributed by atoms with van der Waals surface area (Å²) in [6.07, 6.45) is 0. The van der Waals surface area contributed by atoms with Crippen LogP contribution in [0.4, 0.5) is 5.69 Å². The second-order valence-corrected chi connectivity index (χ2v) is 8.49. The first kappa shape index (κ1) is 20.8. The second-order valence-electron chi connectivity index (χ2n) is 5.03. The molecular weight excluding hydrogens is 422 g/mol. The quantitative estimate of drug-likeness (QED) is 0.349. The molecule has 2 rings (SSSR count). The Kier molecular flexibility index (Phi) is 5.87. The number of carbonyl (C=O) groups is 2. The molecule has 2 aromatic rings. The number of halogens is 1. The van der Waals surface area contributed by atoms with Crippen LogP contribution >= 0.6 is 11.6 Å². The van der Waals surface area contributed by atoms with Crippen molar-refractivity contribution in [2.75, 3.05) is 5.32 Å². The topological polar surface area (TPSA) is 176 Å². The fraction of sp³-hybridized carbons (Fsp3) is 0. The lowest BCUT2D eigenvalue weighted by atomic mass is 10.3. The molecule has 5 N–H and O–H groups in total. The molecule has 0 bridgehead atoms. The van der Waals surface area contributed by atoms with Gasteiger partial charge in [0.05, 0.1) is 10.7 Å². The molecule has 0 fully saturated rings. The minimum absolute atomic E-state index is 0.0759. The summed E-state index contributed by atoms with van der Waals surface area (Å²) in [4.78, 5) is 22.3. The molecule has 0 radical (unpaired) electrons. The van der Waals surface area contributed by atoms with Crippen molar-refractivity contribution in [2.45, 2.75) is 9.79 Å². The largest absolute Gasteiger partial charge is 0.419 e. The van der Waals surface area contributed by atoms with Crippen LogP contribution in [0.1, 0.15) is 0 Å². The Labute approximate surface area is 159 Å². The molecule has 10 nitrogen and oxygen atoms in total. The molecule has 0 aliphatic carbocycles. The minimum atomic E-state index is -4.51. The summed E-state index contributed by atoms with van der Waals surface area (Å²) in [6.45, 7) is 0. The average Bonchev–Trinajstić information content (AvgIpc) is 2.53. The van der Waals surface area contributed by atoms with Crippen LogP contribution in [0, 0.1) is 0 Å². The van der Waals surface area contributed by atoms with Gasteiger partial charge in [0.25, 0.3) is 0 Å². The van der Waals surface area contributed by atoms with Crippen LogP contribution < -0.4 is 20.3 Å². The molecule has 0 heterocycles. The van der Waals surface area contributed by atoms with E-state index in [9.17, 15) is 26.4 Å². The highest BCUT2D eigenvalue weighted by molar-refractivity contribution is 7.90. The Hall–Kier alpha value is -2.51. The van der Waals surface area contributed by atoms with Crippen LogP contribution in [0.15, 0.2) is 52.3 Å². The second kappa shape index (κ2) is 7.62. The number of benzene rings is 2. The predicted molar refractivity (Wildman–Crippen MR) is 94.9 cm³/mol. The number of hydrogen-bond acceptors (Lipinski definition) is 7. The van der Waals surface area contributed by atoms with E-state index in [4.69, 9.17) is 26.6 Å². The Morgan fingerprint density at radius 2 is 1.48 bits per heavy atom. The first-order valence-corrected chi connectivity index (χ1v) is 10.3. The maximum atomic E-state index is 12.0. The fourth-order valence-electron chi connectivity index (χ4n) is 1.90. The van der Waals surface area contributed by atoms with Crippen LogP contribution in [0.25, 0.3) is 0 Å². The van der Waals surface area contributed by atoms with Gasteiger partial charge in [0.1, 0.15) is 15.5 Å². The summed E-state index contributed by atoms with van der Waals surface area (Å²) >= 11 is 5.77. The molecule has 0 saturated heterocycles. The number of nitrogens with one attached hydrogen (secondary N) is 1. The number of nitrogens with two attached hydrogens (primary N) is 2. The van der Waals surface area contributed by atoms with Crippen molar-refractivity contribution in [2.24, 2.45) is 10.3 Å². The van der Waals surface area contributed by atoms with Crippen molar-refractivity contribution in [3.8, 4) is 5.75 Å². The zero-order valence-corrected chi connectivity index (χ0v) is 15.6. The van der Waals surface area contributed by atoms with Crippen LogP contribution in [0.5, 0.6) is 5.75 Å². The first-order valence-electron chi connectivity index (χ1n) is 6.87. The summed E-state index contributed by atoms with van der Waals surface area (Å²) in [5, 5.41) is 11.4. The molecule has 27 heavy (non-hydrogen) atoms. The molecule has 0 atom stereocenters. The van der Waals surface area contributed by atoms with Gasteiger partial charge in [0.15, 0.2) is 0 Å². The zero-order valence-electron chi connectivity index (χ0n) is 13.2. The number of ether oxygens (including phenoxy) is 1. The number of amides is 1. The van der Waals surface area contributed by atoms with Crippen LogP contribution in [0.2, 0.25) is 5.02 Å². The van der Waals surface area contributed by atoms with Crippen molar-refractivity contribution in [3.63, 3.8) is 0 Å². The summed E-state index contributed by atoms with van der Waals surface area (Å²) in [5.74, 6) is -2.62. The molecule has 0 aliphatic heterocycles. The van der Waals surface area contributed by atoms with E-state index in [1.54, 1.807) is 18.2 Å². The summed E-state index contributed by atoms with van der Waals surface area (Å²) < 4.78 is 51.2. The molecule has 13 heteroatoms. The van der Waals surface area contributed by atoms with Gasteiger partial charge in [-0.15, -0.1) is 0 Å². The van der Waals surface area contributed by atoms with E-state index >= 15 is 0 Å². The van der Waals surface area contributed by atoms with E-state index in [1.807, 2.05) is 5.32 Å². The third kappa shape index (κ3) is 5.24. The van der Waals surface area contributed by atoms with Crippen molar-refractivity contribution in [1.29, 1.82) is 0 Å². The first-order chi connectivity index (χ1) is 12.4. The van der Waals surface area contributed by atoms with E-state index in [2.05, 4.69) is 0 Å². The Balaban J connectivity index is 2.39. The van der Waals surface area contributed by atoms with E-state index in [0.29, 0.717) is 6.07 Å². The molecule has 144 valence electrons. The Morgan fingerprint density at radius 3 is 2.00 bits per heavy atom. The number of sulfonamides is 2. The normalized spacial score (nSPS) is 11.7. The van der Waals surface area contributed by atoms with Crippen molar-refractivity contribution in [1.82, 2.24) is 0 Å². The maximum Gasteiger partial charge on any atom is 0.402 e. The monoisotopic (exact) mass is 433 g/mol. The summed E-state index contributed by atoms with van der Waals surface area (Å²) in [7, 11) is -8.88. The Morgan fingerprint density at radius 1 is 0.926 bits per heavy atom. The van der Waals surface area contributed by atoms with Crippen LogP contribution in [-0.2, 0) is 29.6 Å². The minimum Gasteiger partial charge on any atom is -0.419 e. The van der Waals surface area contributed by atoms with Gasteiger partial charge >= 0.3 is 11.9 Å². The predicted octanol–water partition coefficient (Wildman–Crippen LogP) is 0.179. The lowest BCUT2D eigenvalue weighted by molar-refractivity contribution is -0.145. The number of primary sulfonamides is 2. The number of carbonyl (C=O) groups excluding carboxylic acids is 2. The smallest absolute Gasteiger partial charge is 0.402 e.